The number of aryl methyl sites for hydroxylation is 1. The van der Waals surface area contributed by atoms with Gasteiger partial charge in [-0.1, -0.05) is 127 Å². The van der Waals surface area contributed by atoms with Crippen LogP contribution in [0.1, 0.15) is 71.5 Å². The van der Waals surface area contributed by atoms with E-state index in [0.29, 0.717) is 0 Å². The molecule has 0 aliphatic carbocycles. The number of benzene rings is 5. The lowest BCUT2D eigenvalue weighted by atomic mass is 9.97. The summed E-state index contributed by atoms with van der Waals surface area (Å²) in [6.07, 6.45) is 3.97. The zero-order chi connectivity index (χ0) is 38.9. The van der Waals surface area contributed by atoms with Crippen LogP contribution >= 0.6 is 0 Å². The highest BCUT2D eigenvalue weighted by Crippen LogP contribution is 2.39. The molecule has 9 nitrogen and oxygen atoms in total. The number of piperidine rings is 1. The minimum atomic E-state index is -3.97. The molecule has 0 saturated carbocycles. The number of carbonyl (C=O) groups is 1. The summed E-state index contributed by atoms with van der Waals surface area (Å²) in [5.74, 6) is -0.416. The molecule has 3 N–H and O–H groups in total. The largest absolute Gasteiger partial charge is 0.392 e. The predicted molar refractivity (Wildman–Crippen MR) is 218 cm³/mol. The van der Waals surface area contributed by atoms with Crippen LogP contribution < -0.4 is 10.0 Å². The highest BCUT2D eigenvalue weighted by molar-refractivity contribution is 7.89. The first-order valence-corrected chi connectivity index (χ1v) is 21.0. The number of hydrogen-bond donors (Lipinski definition) is 3. The summed E-state index contributed by atoms with van der Waals surface area (Å²) in [7, 11) is -3.97. The van der Waals surface area contributed by atoms with E-state index in [0.717, 1.165) is 70.6 Å². The van der Waals surface area contributed by atoms with Crippen LogP contribution in [0.2, 0.25) is 0 Å². The summed E-state index contributed by atoms with van der Waals surface area (Å²) in [4.78, 5) is 16.4. The number of likely N-dealkylation sites (tertiary alicyclic amines) is 1. The predicted octanol–water partition coefficient (Wildman–Crippen LogP) is 7.39. The van der Waals surface area contributed by atoms with Gasteiger partial charge in [0.25, 0.3) is 0 Å². The van der Waals surface area contributed by atoms with Gasteiger partial charge in [0.1, 0.15) is 6.04 Å². The first kappa shape index (κ1) is 39.6. The molecule has 4 atom stereocenters. The van der Waals surface area contributed by atoms with Crippen LogP contribution in [-0.4, -0.2) is 56.1 Å². The van der Waals surface area contributed by atoms with Crippen molar-refractivity contribution in [2.75, 3.05) is 19.6 Å². The average Bonchev–Trinajstić information content (AvgIpc) is 3.23. The molecular weight excluding hydrogens is 723 g/mol. The van der Waals surface area contributed by atoms with Crippen LogP contribution in [0.5, 0.6) is 0 Å². The van der Waals surface area contributed by atoms with Gasteiger partial charge >= 0.3 is 0 Å². The first-order valence-electron chi connectivity index (χ1n) is 19.6. The van der Waals surface area contributed by atoms with Gasteiger partial charge in [-0.25, -0.2) is 8.42 Å². The fourth-order valence-corrected chi connectivity index (χ4v) is 8.75. The van der Waals surface area contributed by atoms with Gasteiger partial charge in [-0.3, -0.25) is 4.79 Å². The Labute approximate surface area is 330 Å². The highest BCUT2D eigenvalue weighted by Gasteiger charge is 2.33. The van der Waals surface area contributed by atoms with Crippen molar-refractivity contribution in [3.63, 3.8) is 0 Å². The molecule has 56 heavy (non-hydrogen) atoms. The molecule has 2 fully saturated rings. The number of ether oxygens (including phenoxy) is 2. The van der Waals surface area contributed by atoms with Gasteiger partial charge in [-0.05, 0) is 84.8 Å². The Morgan fingerprint density at radius 3 is 2.18 bits per heavy atom. The van der Waals surface area contributed by atoms with Crippen molar-refractivity contribution in [2.45, 2.75) is 81.6 Å². The minimum Gasteiger partial charge on any atom is -0.392 e. The Balaban J connectivity index is 1.06. The van der Waals surface area contributed by atoms with Crippen molar-refractivity contribution in [1.82, 2.24) is 14.9 Å². The van der Waals surface area contributed by atoms with E-state index in [1.54, 1.807) is 24.3 Å². The Kier molecular flexibility index (Phi) is 13.1. The summed E-state index contributed by atoms with van der Waals surface area (Å²) in [5.41, 5.74) is 7.46. The molecule has 292 valence electrons. The number of nitrogens with zero attached hydrogens (tertiary/aromatic N) is 1. The number of aliphatic hydroxyl groups is 1. The van der Waals surface area contributed by atoms with E-state index in [4.69, 9.17) is 9.47 Å². The number of carbonyl (C=O) groups excluding carboxylic acids is 1. The summed E-state index contributed by atoms with van der Waals surface area (Å²) in [6.45, 7) is 5.14. The second kappa shape index (κ2) is 18.5. The maximum Gasteiger partial charge on any atom is 0.241 e. The number of aliphatic hydroxyl groups excluding tert-OH is 1. The van der Waals surface area contributed by atoms with Crippen molar-refractivity contribution in [3.05, 3.63) is 161 Å². The molecule has 0 spiro atoms. The van der Waals surface area contributed by atoms with Gasteiger partial charge < -0.3 is 24.8 Å². The van der Waals surface area contributed by atoms with Gasteiger partial charge in [0.15, 0.2) is 6.29 Å². The lowest BCUT2D eigenvalue weighted by molar-refractivity contribution is -0.253. The summed E-state index contributed by atoms with van der Waals surface area (Å²) in [5, 5.41) is 12.6. The number of amides is 1. The first-order chi connectivity index (χ1) is 27.2. The molecule has 10 heteroatoms. The molecule has 5 aromatic carbocycles. The lowest BCUT2D eigenvalue weighted by Crippen LogP contribution is -2.47. The van der Waals surface area contributed by atoms with E-state index in [-0.39, 0.29) is 36.7 Å². The third kappa shape index (κ3) is 10.2. The number of sulfonamides is 1. The van der Waals surface area contributed by atoms with E-state index in [1.807, 2.05) is 97.9 Å². The Morgan fingerprint density at radius 1 is 0.786 bits per heavy atom. The third-order valence-corrected chi connectivity index (χ3v) is 12.2. The van der Waals surface area contributed by atoms with Crippen molar-refractivity contribution < 1.29 is 27.8 Å². The van der Waals surface area contributed by atoms with Crippen molar-refractivity contribution in [1.29, 1.82) is 0 Å². The topological polar surface area (TPSA) is 117 Å². The summed E-state index contributed by atoms with van der Waals surface area (Å²) >= 11 is 0. The average molecular weight is 774 g/mol. The maximum absolute atomic E-state index is 13.8. The monoisotopic (exact) mass is 773 g/mol. The Hall–Kier alpha value is -4.68. The number of hydrogen-bond acceptors (Lipinski definition) is 7. The van der Waals surface area contributed by atoms with Crippen LogP contribution in [0.4, 0.5) is 0 Å². The van der Waals surface area contributed by atoms with E-state index >= 15 is 0 Å². The van der Waals surface area contributed by atoms with Crippen LogP contribution in [0, 0.1) is 6.92 Å². The van der Waals surface area contributed by atoms with Gasteiger partial charge in [0.2, 0.25) is 15.9 Å². The minimum absolute atomic E-state index is 0.00180. The number of rotatable bonds is 14. The second-order valence-electron chi connectivity index (χ2n) is 14.9. The molecule has 2 saturated heterocycles. The van der Waals surface area contributed by atoms with Crippen molar-refractivity contribution in [2.24, 2.45) is 0 Å². The molecule has 0 aromatic heterocycles. The van der Waals surface area contributed by atoms with E-state index < -0.39 is 28.3 Å². The fourth-order valence-electron chi connectivity index (χ4n) is 7.55. The standard InChI is InChI=1S/C46H51N3O6S/c1-33-14-24-41(25-15-33)56(52,53)48-43(28-34-10-4-2-5-11-34)45(51)47-30-39-12-6-7-13-42(39)36-20-22-38(23-21-36)46-54-40(31-49-26-8-3-9-27-49)29-44(55-46)37-18-16-35(32-50)17-19-37/h2,4-7,10-25,40,43-44,46,48,50H,3,8-9,26-32H2,1H3,(H,47,51)/t40-,43-,44+,46+/m1/s1. The fraction of sp³-hybridized carbons (Fsp3) is 0.326. The molecule has 2 heterocycles. The molecule has 0 bridgehead atoms. The van der Waals surface area contributed by atoms with Gasteiger partial charge in [0.05, 0.1) is 23.7 Å². The lowest BCUT2D eigenvalue weighted by Gasteiger charge is -2.39. The molecule has 2 aliphatic rings. The smallest absolute Gasteiger partial charge is 0.241 e. The Bertz CT molecular complexity index is 2140. The van der Waals surface area contributed by atoms with Crippen molar-refractivity contribution in [3.8, 4) is 11.1 Å². The zero-order valence-electron chi connectivity index (χ0n) is 31.8. The van der Waals surface area contributed by atoms with Gasteiger partial charge in [0, 0.05) is 25.1 Å². The molecule has 2 aliphatic heterocycles. The van der Waals surface area contributed by atoms with E-state index in [9.17, 15) is 18.3 Å². The molecule has 1 amide bonds. The maximum atomic E-state index is 13.8. The highest BCUT2D eigenvalue weighted by atomic mass is 32.2. The molecular formula is C46H51N3O6S. The molecule has 0 unspecified atom stereocenters. The summed E-state index contributed by atoms with van der Waals surface area (Å²) in [6, 6.07) is 39.0. The third-order valence-electron chi connectivity index (χ3n) is 10.7. The van der Waals surface area contributed by atoms with Crippen molar-refractivity contribution >= 4 is 15.9 Å². The number of nitrogens with one attached hydrogen (secondary N) is 2. The van der Waals surface area contributed by atoms with Crippen LogP contribution in [0.15, 0.2) is 132 Å². The second-order valence-corrected chi connectivity index (χ2v) is 16.6. The Morgan fingerprint density at radius 2 is 1.46 bits per heavy atom. The normalized spacial score (nSPS) is 19.6. The SMILES string of the molecule is Cc1ccc(S(=O)(=O)N[C@H](Cc2ccccc2)C(=O)NCc2ccccc2-c2ccc([C@H]3O[C@@H](CN4CCCCC4)C[C@@H](c4ccc(CO)cc4)O3)cc2)cc1. The van der Waals surface area contributed by atoms with E-state index in [2.05, 4.69) is 27.1 Å². The molecule has 7 rings (SSSR count). The van der Waals surface area contributed by atoms with E-state index in [1.165, 1.54) is 19.3 Å². The quantitative estimate of drug-likeness (QED) is 0.108. The zero-order valence-corrected chi connectivity index (χ0v) is 32.7. The molecule has 0 radical (unpaired) electrons. The molecule has 5 aromatic rings. The van der Waals surface area contributed by atoms with Crippen LogP contribution in [0.3, 0.4) is 0 Å². The summed E-state index contributed by atoms with van der Waals surface area (Å²) < 4.78 is 42.7. The van der Waals surface area contributed by atoms with Gasteiger partial charge in [-0.15, -0.1) is 0 Å². The van der Waals surface area contributed by atoms with Gasteiger partial charge in [-0.2, -0.15) is 4.72 Å². The van der Waals surface area contributed by atoms with Crippen LogP contribution in [-0.2, 0) is 43.9 Å². The van der Waals surface area contributed by atoms with Crippen LogP contribution in [0.25, 0.3) is 11.1 Å².